The Hall–Kier alpha value is -2.53. The van der Waals surface area contributed by atoms with E-state index in [1.54, 1.807) is 6.33 Å². The Balaban J connectivity index is 0.000000941. The van der Waals surface area contributed by atoms with Gasteiger partial charge in [-0.1, -0.05) is 0 Å². The van der Waals surface area contributed by atoms with Crippen LogP contribution in [0.15, 0.2) is 6.33 Å². The van der Waals surface area contributed by atoms with E-state index in [-0.39, 0.29) is 18.8 Å². The zero-order chi connectivity index (χ0) is 21.3. The fraction of sp³-hybridized carbons (Fsp3) is 0.722. The zero-order valence-corrected chi connectivity index (χ0v) is 16.7. The maximum absolute atomic E-state index is 12.8. The Kier molecular flexibility index (Phi) is 8.52. The predicted molar refractivity (Wildman–Crippen MR) is 101 cm³/mol. The van der Waals surface area contributed by atoms with E-state index in [1.165, 1.54) is 0 Å². The number of carboxylic acid groups (broad SMARTS) is 2. The largest absolute Gasteiger partial charge is 0.483 e. The van der Waals surface area contributed by atoms with Gasteiger partial charge in [-0.3, -0.25) is 14.4 Å². The van der Waals surface area contributed by atoms with E-state index < -0.39 is 11.6 Å². The number of likely N-dealkylation sites (tertiary alicyclic amines) is 1. The third-order valence-electron chi connectivity index (χ3n) is 5.37. The maximum Gasteiger partial charge on any atom is 0.304 e. The second-order valence-corrected chi connectivity index (χ2v) is 7.15. The minimum Gasteiger partial charge on any atom is -0.483 e. The topological polar surface area (TPSA) is 138 Å². The van der Waals surface area contributed by atoms with E-state index in [0.29, 0.717) is 32.7 Å². The molecule has 2 N–H and O–H groups in total. The molecule has 1 aromatic heterocycles. The quantitative estimate of drug-likeness (QED) is 0.622. The van der Waals surface area contributed by atoms with Crippen LogP contribution in [0, 0.1) is 0 Å². The van der Waals surface area contributed by atoms with Crippen molar-refractivity contribution in [1.29, 1.82) is 0 Å². The third-order valence-corrected chi connectivity index (χ3v) is 5.37. The summed E-state index contributed by atoms with van der Waals surface area (Å²) < 4.78 is 8.07. The van der Waals surface area contributed by atoms with Crippen molar-refractivity contribution < 1.29 is 29.3 Å². The molecule has 3 rings (SSSR count). The minimum atomic E-state index is -0.776. The van der Waals surface area contributed by atoms with Crippen LogP contribution in [0.5, 0.6) is 0 Å². The predicted octanol–water partition coefficient (Wildman–Crippen LogP) is 0.0570. The van der Waals surface area contributed by atoms with Crippen molar-refractivity contribution in [1.82, 2.24) is 24.6 Å². The molecule has 11 nitrogen and oxygen atoms in total. The van der Waals surface area contributed by atoms with Gasteiger partial charge in [-0.15, -0.1) is 10.2 Å². The van der Waals surface area contributed by atoms with Crippen LogP contribution in [0.3, 0.4) is 0 Å². The summed E-state index contributed by atoms with van der Waals surface area (Å²) in [6, 6.07) is 0. The van der Waals surface area contributed by atoms with Gasteiger partial charge in [0.25, 0.3) is 6.47 Å². The minimum absolute atomic E-state index is 0.0899. The smallest absolute Gasteiger partial charge is 0.304 e. The number of amides is 1. The van der Waals surface area contributed by atoms with Gasteiger partial charge in [-0.05, 0) is 19.8 Å². The molecule has 0 aliphatic carbocycles. The van der Waals surface area contributed by atoms with Crippen LogP contribution in [0.2, 0.25) is 0 Å². The SMILES string of the molecule is CCn1cnnc1CN1CCOC2(CCN(CCC(=O)O)CC2)CC1=O.O=CO. The summed E-state index contributed by atoms with van der Waals surface area (Å²) in [6.07, 6.45) is 3.73. The van der Waals surface area contributed by atoms with Crippen molar-refractivity contribution in [3.63, 3.8) is 0 Å². The van der Waals surface area contributed by atoms with Crippen molar-refractivity contribution in [2.45, 2.75) is 51.3 Å². The lowest BCUT2D eigenvalue weighted by atomic mass is 9.87. The number of aliphatic carboxylic acids is 1. The van der Waals surface area contributed by atoms with Crippen LogP contribution >= 0.6 is 0 Å². The molecule has 0 radical (unpaired) electrons. The third kappa shape index (κ3) is 6.50. The second kappa shape index (κ2) is 10.9. The van der Waals surface area contributed by atoms with Crippen LogP contribution in [0.25, 0.3) is 0 Å². The van der Waals surface area contributed by atoms with E-state index in [4.69, 9.17) is 19.7 Å². The van der Waals surface area contributed by atoms with Gasteiger partial charge in [0.05, 0.1) is 31.6 Å². The normalized spacial score (nSPS) is 19.3. The second-order valence-electron chi connectivity index (χ2n) is 7.15. The van der Waals surface area contributed by atoms with Gasteiger partial charge in [-0.25, -0.2) is 0 Å². The number of aryl methyl sites for hydroxylation is 1. The summed E-state index contributed by atoms with van der Waals surface area (Å²) in [7, 11) is 0. The first-order valence-corrected chi connectivity index (χ1v) is 9.73. The Bertz CT molecular complexity index is 686. The van der Waals surface area contributed by atoms with E-state index in [9.17, 15) is 9.59 Å². The van der Waals surface area contributed by atoms with Crippen LogP contribution in [-0.4, -0.2) is 91.5 Å². The highest BCUT2D eigenvalue weighted by Gasteiger charge is 2.40. The maximum atomic E-state index is 12.8. The van der Waals surface area contributed by atoms with Crippen LogP contribution in [-0.2, 0) is 32.2 Å². The summed E-state index contributed by atoms with van der Waals surface area (Å²) in [5.74, 6) is 0.106. The molecule has 2 aliphatic rings. The van der Waals surface area contributed by atoms with Crippen LogP contribution in [0.4, 0.5) is 0 Å². The summed E-state index contributed by atoms with van der Waals surface area (Å²) in [4.78, 5) is 35.8. The van der Waals surface area contributed by atoms with Crippen molar-refractivity contribution in [2.75, 3.05) is 32.8 Å². The molecular weight excluding hydrogens is 382 g/mol. The van der Waals surface area contributed by atoms with Gasteiger partial charge in [0.1, 0.15) is 6.33 Å². The number of carbonyl (C=O) groups excluding carboxylic acids is 1. The fourth-order valence-electron chi connectivity index (χ4n) is 3.70. The van der Waals surface area contributed by atoms with Crippen molar-refractivity contribution >= 4 is 18.3 Å². The first-order chi connectivity index (χ1) is 13.9. The number of aromatic nitrogens is 3. The molecule has 0 aromatic carbocycles. The molecule has 2 saturated heterocycles. The lowest BCUT2D eigenvalue weighted by Gasteiger charge is -2.40. The Morgan fingerprint density at radius 2 is 2.03 bits per heavy atom. The number of carboxylic acids is 1. The zero-order valence-electron chi connectivity index (χ0n) is 16.7. The lowest BCUT2D eigenvalue weighted by molar-refractivity contribution is -0.138. The number of ether oxygens (including phenoxy) is 1. The summed E-state index contributed by atoms with van der Waals surface area (Å²) >= 11 is 0. The van der Waals surface area contributed by atoms with Crippen molar-refractivity contribution in [3.8, 4) is 0 Å². The molecule has 1 amide bonds. The van der Waals surface area contributed by atoms with Crippen LogP contribution < -0.4 is 0 Å². The highest BCUT2D eigenvalue weighted by atomic mass is 16.5. The van der Waals surface area contributed by atoms with Crippen molar-refractivity contribution in [2.24, 2.45) is 0 Å². The molecule has 29 heavy (non-hydrogen) atoms. The summed E-state index contributed by atoms with van der Waals surface area (Å²) in [5, 5.41) is 23.7. The number of piperidine rings is 1. The molecule has 0 unspecified atom stereocenters. The molecule has 0 saturated carbocycles. The number of hydrogen-bond donors (Lipinski definition) is 2. The lowest BCUT2D eigenvalue weighted by Crippen LogP contribution is -2.47. The van der Waals surface area contributed by atoms with Gasteiger partial charge in [0.15, 0.2) is 5.82 Å². The number of carbonyl (C=O) groups is 3. The molecule has 1 spiro atoms. The average Bonchev–Trinajstić information content (AvgIpc) is 3.08. The molecule has 2 fully saturated rings. The molecular formula is C18H29N5O6. The molecule has 0 atom stereocenters. The van der Waals surface area contributed by atoms with E-state index in [0.717, 1.165) is 38.3 Å². The molecule has 3 heterocycles. The van der Waals surface area contributed by atoms with Gasteiger partial charge in [0.2, 0.25) is 5.91 Å². The molecule has 2 aliphatic heterocycles. The van der Waals surface area contributed by atoms with Crippen molar-refractivity contribution in [3.05, 3.63) is 12.2 Å². The standard InChI is InChI=1S/C17H27N5O4.CH2O2/c1-2-21-13-18-19-14(21)12-22-9-10-26-17(11-15(22)23)4-7-20(8-5-17)6-3-16(24)25;2-1-3/h13H,2-12H2,1H3,(H,24,25);1H,(H,2,3). The Morgan fingerprint density at radius 3 is 2.66 bits per heavy atom. The monoisotopic (exact) mass is 411 g/mol. The van der Waals surface area contributed by atoms with Gasteiger partial charge >= 0.3 is 5.97 Å². The first-order valence-electron chi connectivity index (χ1n) is 9.73. The fourth-order valence-corrected chi connectivity index (χ4v) is 3.70. The first kappa shape index (κ1) is 22.8. The van der Waals surface area contributed by atoms with Gasteiger partial charge in [0, 0.05) is 32.7 Å². The molecule has 11 heteroatoms. The Labute approximate surface area is 169 Å². The van der Waals surface area contributed by atoms with Gasteiger partial charge < -0.3 is 29.3 Å². The number of rotatable bonds is 6. The van der Waals surface area contributed by atoms with E-state index in [1.807, 2.05) is 16.4 Å². The highest BCUT2D eigenvalue weighted by molar-refractivity contribution is 5.77. The molecule has 162 valence electrons. The number of hydrogen-bond acceptors (Lipinski definition) is 7. The summed E-state index contributed by atoms with van der Waals surface area (Å²) in [6.45, 7) is 6.16. The average molecular weight is 411 g/mol. The van der Waals surface area contributed by atoms with E-state index in [2.05, 4.69) is 15.1 Å². The van der Waals surface area contributed by atoms with Gasteiger partial charge in [-0.2, -0.15) is 0 Å². The molecule has 1 aromatic rings. The summed E-state index contributed by atoms with van der Waals surface area (Å²) in [5.41, 5.74) is -0.413. The van der Waals surface area contributed by atoms with E-state index >= 15 is 0 Å². The molecule has 0 bridgehead atoms. The number of nitrogens with zero attached hydrogens (tertiary/aromatic N) is 5. The highest BCUT2D eigenvalue weighted by Crippen LogP contribution is 2.32. The van der Waals surface area contributed by atoms with Crippen LogP contribution in [0.1, 0.15) is 38.4 Å². The Morgan fingerprint density at radius 1 is 1.34 bits per heavy atom.